The van der Waals surface area contributed by atoms with E-state index >= 15 is 4.39 Å². The van der Waals surface area contributed by atoms with Crippen molar-refractivity contribution in [3.8, 4) is 0 Å². The Morgan fingerprint density at radius 3 is 2.49 bits per heavy atom. The van der Waals surface area contributed by atoms with Gasteiger partial charge in [0, 0.05) is 47.8 Å². The average Bonchev–Trinajstić information content (AvgIpc) is 3.61. The average molecular weight is 760 g/mol. The van der Waals surface area contributed by atoms with Crippen LogP contribution >= 0.6 is 34.9 Å². The molecule has 15 nitrogen and oxygen atoms in total. The van der Waals surface area contributed by atoms with Gasteiger partial charge in [-0.15, -0.1) is 23.1 Å². The smallest absolute Gasteiger partial charge is 0.477 e. The highest BCUT2D eigenvalue weighted by Crippen LogP contribution is 2.47. The predicted molar refractivity (Wildman–Crippen MR) is 184 cm³/mol. The standard InChI is InChI=1S/C32H30FN5O10S3/c1-15-37-20-11-21(19(33)10-18(20)26(40)23(30(42)43)28(37)51-15)36-6-4-35(5-7-36)14-48-32(46)47-12-16-13-50-29-24(27(41)38(29)25(16)31(44)45)34-22(39)9-17-3-2-8-49-17/h2-3,8,10-11,15,24,29H,4-7,9,12-14H2,1H3,(H,34,39)(H,42,43)(H,44,45)/t15?,24-,29-/m1/s1. The van der Waals surface area contributed by atoms with Gasteiger partial charge in [-0.2, -0.15) is 0 Å². The fraction of sp³-hybridized carbons (Fsp3) is 0.375. The lowest BCUT2D eigenvalue weighted by molar-refractivity contribution is -0.150. The molecule has 0 bridgehead atoms. The van der Waals surface area contributed by atoms with Crippen molar-refractivity contribution in [2.45, 2.75) is 35.2 Å². The number of anilines is 1. The van der Waals surface area contributed by atoms with Gasteiger partial charge in [0.25, 0.3) is 5.91 Å². The Kier molecular flexibility index (Phi) is 9.46. The number of pyridine rings is 1. The number of carbonyl (C=O) groups excluding carboxylic acids is 3. The van der Waals surface area contributed by atoms with Gasteiger partial charge in [0.15, 0.2) is 0 Å². The number of aromatic nitrogens is 1. The summed E-state index contributed by atoms with van der Waals surface area (Å²) in [5.41, 5.74) is -0.425. The Hall–Kier alpha value is -4.59. The van der Waals surface area contributed by atoms with Crippen LogP contribution in [0.3, 0.4) is 0 Å². The van der Waals surface area contributed by atoms with E-state index in [0.717, 1.165) is 15.8 Å². The van der Waals surface area contributed by atoms with Crippen LogP contribution in [0.4, 0.5) is 14.9 Å². The van der Waals surface area contributed by atoms with Crippen LogP contribution in [0.15, 0.2) is 50.7 Å². The first-order valence-corrected chi connectivity index (χ1v) is 18.5. The third-order valence-corrected chi connectivity index (χ3v) is 12.4. The molecule has 6 heterocycles. The number of thioether (sulfide) groups is 2. The number of halogens is 1. The van der Waals surface area contributed by atoms with Gasteiger partial charge < -0.3 is 34.5 Å². The number of carbonyl (C=O) groups is 5. The second-order valence-corrected chi connectivity index (χ2v) is 15.5. The van der Waals surface area contributed by atoms with E-state index in [1.807, 2.05) is 24.4 Å². The highest BCUT2D eigenvalue weighted by molar-refractivity contribution is 8.00. The summed E-state index contributed by atoms with van der Waals surface area (Å²) in [7, 11) is 0. The van der Waals surface area contributed by atoms with Crippen molar-refractivity contribution < 1.29 is 48.0 Å². The maximum absolute atomic E-state index is 15.3. The number of nitrogens with one attached hydrogen (secondary N) is 1. The number of carboxylic acids is 2. The van der Waals surface area contributed by atoms with Crippen LogP contribution in [0.5, 0.6) is 0 Å². The third kappa shape index (κ3) is 6.42. The third-order valence-electron chi connectivity index (χ3n) is 9.01. The van der Waals surface area contributed by atoms with Gasteiger partial charge in [-0.25, -0.2) is 18.8 Å². The first-order valence-electron chi connectivity index (χ1n) is 15.7. The van der Waals surface area contributed by atoms with Crippen molar-refractivity contribution in [2.24, 2.45) is 0 Å². The quantitative estimate of drug-likeness (QED) is 0.202. The van der Waals surface area contributed by atoms with Crippen molar-refractivity contribution in [2.75, 3.05) is 50.2 Å². The van der Waals surface area contributed by atoms with Crippen LogP contribution in [-0.2, 0) is 30.3 Å². The van der Waals surface area contributed by atoms with Gasteiger partial charge in [0.05, 0.1) is 28.0 Å². The molecule has 4 aliphatic rings. The summed E-state index contributed by atoms with van der Waals surface area (Å²) in [6, 6.07) is 5.43. The summed E-state index contributed by atoms with van der Waals surface area (Å²) < 4.78 is 27.5. The minimum absolute atomic E-state index is 0.00240. The van der Waals surface area contributed by atoms with E-state index < -0.39 is 53.3 Å². The first kappa shape index (κ1) is 34.8. The molecule has 4 aliphatic heterocycles. The molecule has 0 radical (unpaired) electrons. The van der Waals surface area contributed by atoms with E-state index in [4.69, 9.17) is 9.47 Å². The van der Waals surface area contributed by atoms with Crippen LogP contribution in [0.25, 0.3) is 10.9 Å². The number of thiophene rings is 1. The van der Waals surface area contributed by atoms with Crippen LogP contribution in [0.2, 0.25) is 0 Å². The van der Waals surface area contributed by atoms with Gasteiger partial charge >= 0.3 is 18.1 Å². The van der Waals surface area contributed by atoms with Crippen molar-refractivity contribution in [1.29, 1.82) is 0 Å². The van der Waals surface area contributed by atoms with Crippen LogP contribution in [-0.4, -0.2) is 111 Å². The van der Waals surface area contributed by atoms with E-state index in [9.17, 15) is 39.0 Å². The normalized spacial score (nSPS) is 21.4. The number of fused-ring (bicyclic) bond motifs is 4. The highest BCUT2D eigenvalue weighted by Gasteiger charge is 2.54. The minimum atomic E-state index is -1.36. The molecule has 19 heteroatoms. The molecule has 3 N–H and O–H groups in total. The second kappa shape index (κ2) is 13.9. The molecule has 1 aromatic carbocycles. The summed E-state index contributed by atoms with van der Waals surface area (Å²) in [5.74, 6) is -4.10. The molecule has 3 aromatic rings. The number of amides is 2. The molecule has 0 aliphatic carbocycles. The van der Waals surface area contributed by atoms with E-state index in [2.05, 4.69) is 5.32 Å². The summed E-state index contributed by atoms with van der Waals surface area (Å²) in [4.78, 5) is 80.1. The molecule has 3 atom stereocenters. The fourth-order valence-corrected chi connectivity index (χ4v) is 9.69. The number of carboxylic acid groups (broad SMARTS) is 2. The Morgan fingerprint density at radius 2 is 1.82 bits per heavy atom. The molecule has 2 fully saturated rings. The van der Waals surface area contributed by atoms with E-state index in [0.29, 0.717) is 36.7 Å². The van der Waals surface area contributed by atoms with Gasteiger partial charge in [0.2, 0.25) is 11.3 Å². The Balaban J connectivity index is 0.917. The lowest BCUT2D eigenvalue weighted by Gasteiger charge is -2.49. The van der Waals surface area contributed by atoms with E-state index in [1.54, 1.807) is 20.4 Å². The molecule has 1 unspecified atom stereocenters. The number of β-lactam (4-membered cyclic amide) rings is 1. The van der Waals surface area contributed by atoms with Crippen molar-refractivity contribution in [1.82, 2.24) is 19.7 Å². The zero-order valence-electron chi connectivity index (χ0n) is 26.8. The molecule has 2 aromatic heterocycles. The number of piperazine rings is 1. The highest BCUT2D eigenvalue weighted by atomic mass is 32.2. The Bertz CT molecular complexity index is 2060. The number of nitrogens with zero attached hydrogens (tertiary/aromatic N) is 4. The van der Waals surface area contributed by atoms with E-state index in [1.165, 1.54) is 34.9 Å². The largest absolute Gasteiger partial charge is 0.509 e. The molecule has 51 heavy (non-hydrogen) atoms. The number of hydrogen-bond donors (Lipinski definition) is 3. The molecular formula is C32H30FN5O10S3. The summed E-state index contributed by atoms with van der Waals surface area (Å²) in [6.07, 6.45) is -0.922. The number of hydrogen-bond acceptors (Lipinski definition) is 13. The van der Waals surface area contributed by atoms with Crippen molar-refractivity contribution in [3.05, 3.63) is 67.4 Å². The molecule has 268 valence electrons. The number of benzene rings is 1. The predicted octanol–water partition coefficient (Wildman–Crippen LogP) is 2.74. The molecular weight excluding hydrogens is 730 g/mol. The molecule has 2 saturated heterocycles. The maximum atomic E-state index is 15.3. The minimum Gasteiger partial charge on any atom is -0.477 e. The number of ether oxygens (including phenoxy) is 2. The fourth-order valence-electron chi connectivity index (χ4n) is 6.51. The van der Waals surface area contributed by atoms with Crippen LogP contribution in [0, 0.1) is 5.82 Å². The van der Waals surface area contributed by atoms with Gasteiger partial charge in [-0.1, -0.05) is 17.8 Å². The van der Waals surface area contributed by atoms with E-state index in [-0.39, 0.29) is 58.1 Å². The number of aliphatic carboxylic acids is 1. The lowest BCUT2D eigenvalue weighted by atomic mass is 10.0. The van der Waals surface area contributed by atoms with Crippen molar-refractivity contribution in [3.63, 3.8) is 0 Å². The maximum Gasteiger partial charge on any atom is 0.509 e. The zero-order valence-corrected chi connectivity index (χ0v) is 29.3. The van der Waals surface area contributed by atoms with Gasteiger partial charge in [-0.3, -0.25) is 24.2 Å². The van der Waals surface area contributed by atoms with Gasteiger partial charge in [-0.05, 0) is 30.5 Å². The molecule has 7 rings (SSSR count). The van der Waals surface area contributed by atoms with Crippen LogP contribution in [0.1, 0.15) is 27.5 Å². The summed E-state index contributed by atoms with van der Waals surface area (Å²) >= 11 is 3.94. The summed E-state index contributed by atoms with van der Waals surface area (Å²) in [6.45, 7) is 2.83. The Morgan fingerprint density at radius 1 is 1.06 bits per heavy atom. The molecule has 2 amide bonds. The van der Waals surface area contributed by atoms with Crippen molar-refractivity contribution >= 4 is 81.4 Å². The SMILES string of the molecule is CC1Sc2c(C(=O)O)c(=O)c3cc(F)c(N4CCN(COC(=O)OCC5=C(C(=O)O)N6C(=O)[C@@H](NC(=O)Cc7cccs7)[C@H]6SC5)CC4)cc3n21. The van der Waals surface area contributed by atoms with Crippen LogP contribution < -0.4 is 15.6 Å². The topological polar surface area (TPSA) is 188 Å². The first-order chi connectivity index (χ1) is 24.4. The summed E-state index contributed by atoms with van der Waals surface area (Å²) in [5, 5.41) is 23.6. The number of aromatic carboxylic acids is 1. The van der Waals surface area contributed by atoms with Gasteiger partial charge in [0.1, 0.15) is 41.8 Å². The molecule has 0 spiro atoms. The number of rotatable bonds is 10. The zero-order chi connectivity index (χ0) is 36.1. The lowest BCUT2D eigenvalue weighted by Crippen LogP contribution is -2.70. The second-order valence-electron chi connectivity index (χ2n) is 12.1. The Labute approximate surface area is 300 Å². The monoisotopic (exact) mass is 759 g/mol. The molecule has 0 saturated carbocycles.